The molecule has 0 aliphatic carbocycles. The average Bonchev–Trinajstić information content (AvgIpc) is 1.33. The number of hydrogen-bond donors (Lipinski definition) is 2. The predicted octanol–water partition coefficient (Wildman–Crippen LogP) is 1.22. The van der Waals surface area contributed by atoms with Crippen molar-refractivity contribution >= 4 is 49.8 Å². The predicted molar refractivity (Wildman–Crippen MR) is 28.1 cm³/mol. The van der Waals surface area contributed by atoms with E-state index in [4.69, 9.17) is 27.8 Å². The molecular formula is CH2CaCl2O3. The Morgan fingerprint density at radius 1 is 1.43 bits per heavy atom. The summed E-state index contributed by atoms with van der Waals surface area (Å²) in [5, 5.41) is 13.9. The van der Waals surface area contributed by atoms with Crippen molar-refractivity contribution in [3.8, 4) is 0 Å². The summed E-state index contributed by atoms with van der Waals surface area (Å²) in [6.45, 7) is 0. The number of rotatable bonds is 0. The zero-order chi connectivity index (χ0) is 6.28. The molecule has 0 aromatic heterocycles. The quantitative estimate of drug-likeness (QED) is 0.541. The summed E-state index contributed by atoms with van der Waals surface area (Å²) < 4.78 is 0. The van der Waals surface area contributed by atoms with Gasteiger partial charge in [0.05, 0.1) is 0 Å². The van der Waals surface area contributed by atoms with E-state index < -0.39 is 37.0 Å². The van der Waals surface area contributed by atoms with Crippen molar-refractivity contribution in [3.63, 3.8) is 0 Å². The van der Waals surface area contributed by atoms with Crippen LogP contribution in [0.3, 0.4) is 0 Å². The molecule has 0 saturated heterocycles. The number of hydrogen-bond acceptors (Lipinski definition) is 1. The Morgan fingerprint density at radius 3 is 1.43 bits per heavy atom. The van der Waals surface area contributed by atoms with Gasteiger partial charge in [-0.05, 0) is 0 Å². The summed E-state index contributed by atoms with van der Waals surface area (Å²) in [4.78, 5) is 8.56. The summed E-state index contributed by atoms with van der Waals surface area (Å²) in [7, 11) is 0. The number of carboxylic acid groups (broad SMARTS) is 2. The van der Waals surface area contributed by atoms with E-state index in [9.17, 15) is 0 Å². The zero-order valence-electron chi connectivity index (χ0n) is 3.27. The first-order chi connectivity index (χ1) is 3.15. The minimum absolute atomic E-state index is 0.931. The first-order valence-corrected chi connectivity index (χ1v) is 7.26. The van der Waals surface area contributed by atoms with Gasteiger partial charge in [-0.1, -0.05) is 0 Å². The molecule has 0 saturated carbocycles. The van der Waals surface area contributed by atoms with Gasteiger partial charge in [-0.15, -0.1) is 0 Å². The summed E-state index contributed by atoms with van der Waals surface area (Å²) in [6, 6.07) is 0. The average molecular weight is 173 g/mol. The molecule has 0 aliphatic heterocycles. The summed E-state index contributed by atoms with van der Waals surface area (Å²) >= 11 is -0.931. The van der Waals surface area contributed by atoms with Gasteiger partial charge < -0.3 is 10.2 Å². The Bertz CT molecular complexity index is 44.2. The van der Waals surface area contributed by atoms with Crippen molar-refractivity contribution in [2.45, 2.75) is 0 Å². The summed E-state index contributed by atoms with van der Waals surface area (Å²) in [5.41, 5.74) is 0. The van der Waals surface area contributed by atoms with E-state index >= 15 is 0 Å². The molecule has 0 unspecified atom stereocenters. The van der Waals surface area contributed by atoms with Crippen LogP contribution in [0.2, 0.25) is 0 Å². The van der Waals surface area contributed by atoms with E-state index in [2.05, 4.69) is 0 Å². The van der Waals surface area contributed by atoms with Gasteiger partial charge in [-0.2, -0.15) is 0 Å². The molecule has 6 heteroatoms. The van der Waals surface area contributed by atoms with E-state index in [1.807, 2.05) is 0 Å². The fourth-order valence-corrected chi connectivity index (χ4v) is 0. The summed E-state index contributed by atoms with van der Waals surface area (Å²) in [6.07, 6.45) is 8.07. The van der Waals surface area contributed by atoms with Gasteiger partial charge in [-0.3, -0.25) is 0 Å². The van der Waals surface area contributed by atoms with E-state index in [1.54, 1.807) is 0 Å². The van der Waals surface area contributed by atoms with Gasteiger partial charge in [0.25, 0.3) is 0 Å². The Labute approximate surface area is 64.0 Å². The van der Waals surface area contributed by atoms with Crippen LogP contribution in [-0.2, 0) is 0 Å². The SMILES string of the molecule is O=C(O)O.[Cl][Ca][Cl]. The van der Waals surface area contributed by atoms with Crippen molar-refractivity contribution < 1.29 is 15.0 Å². The van der Waals surface area contributed by atoms with Gasteiger partial charge in [0.2, 0.25) is 0 Å². The van der Waals surface area contributed by atoms with Gasteiger partial charge in [0, 0.05) is 0 Å². The number of carbonyl (C=O) groups is 1. The second kappa shape index (κ2) is 10.2. The molecule has 0 aliphatic rings. The van der Waals surface area contributed by atoms with Crippen molar-refractivity contribution in [1.29, 1.82) is 0 Å². The van der Waals surface area contributed by atoms with Crippen molar-refractivity contribution in [2.24, 2.45) is 0 Å². The first kappa shape index (κ1) is 11.0. The molecule has 3 nitrogen and oxygen atoms in total. The van der Waals surface area contributed by atoms with E-state index in [-0.39, 0.29) is 0 Å². The van der Waals surface area contributed by atoms with Crippen LogP contribution in [0.5, 0.6) is 0 Å². The fraction of sp³-hybridized carbons (Fsp3) is 0. The van der Waals surface area contributed by atoms with E-state index in [1.165, 1.54) is 0 Å². The standard InChI is InChI=1S/CH2O3.Ca.2ClH/c2-1(3)4;;;/h(H2,2,3,4);;2*1H/q;+2;;/p-2. The van der Waals surface area contributed by atoms with Gasteiger partial charge >= 0.3 is 49.8 Å². The van der Waals surface area contributed by atoms with Crippen LogP contribution in [0.1, 0.15) is 0 Å². The molecule has 0 bridgehead atoms. The molecule has 0 rings (SSSR count). The third-order valence-corrected chi connectivity index (χ3v) is 0. The van der Waals surface area contributed by atoms with Crippen LogP contribution in [0.4, 0.5) is 4.79 Å². The molecule has 0 aromatic rings. The second-order valence-electron chi connectivity index (χ2n) is 0.384. The van der Waals surface area contributed by atoms with Crippen LogP contribution >= 0.6 is 12.8 Å². The van der Waals surface area contributed by atoms with Gasteiger partial charge in [0.1, 0.15) is 0 Å². The van der Waals surface area contributed by atoms with E-state index in [0.717, 1.165) is 0 Å². The zero-order valence-corrected chi connectivity index (χ0v) is 6.99. The van der Waals surface area contributed by atoms with E-state index in [0.29, 0.717) is 0 Å². The van der Waals surface area contributed by atoms with Crippen molar-refractivity contribution in [2.75, 3.05) is 0 Å². The van der Waals surface area contributed by atoms with Crippen LogP contribution in [0.25, 0.3) is 0 Å². The maximum atomic E-state index is 8.56. The van der Waals surface area contributed by atoms with Crippen LogP contribution < -0.4 is 0 Å². The maximum absolute atomic E-state index is 8.56. The Hall–Kier alpha value is 1.11. The fourth-order valence-electron chi connectivity index (χ4n) is 0. The van der Waals surface area contributed by atoms with Crippen LogP contribution in [-0.4, -0.2) is 47.2 Å². The normalized spacial score (nSPS) is 4.86. The minimum atomic E-state index is -1.83. The third-order valence-electron chi connectivity index (χ3n) is 0. The molecule has 0 atom stereocenters. The topological polar surface area (TPSA) is 57.5 Å². The molecule has 0 radical (unpaired) electrons. The molecule has 0 aromatic carbocycles. The monoisotopic (exact) mass is 172 g/mol. The Morgan fingerprint density at radius 2 is 1.43 bits per heavy atom. The number of halogens is 2. The van der Waals surface area contributed by atoms with Crippen molar-refractivity contribution in [3.05, 3.63) is 0 Å². The van der Waals surface area contributed by atoms with Gasteiger partial charge in [-0.25, -0.2) is 4.79 Å². The molecule has 0 fully saturated rings. The molecule has 7 heavy (non-hydrogen) atoms. The molecule has 0 amide bonds. The third kappa shape index (κ3) is 151. The molecule has 0 spiro atoms. The second-order valence-corrected chi connectivity index (χ2v) is 4.03. The molecule has 0 heterocycles. The Kier molecular flexibility index (Phi) is 15.9. The van der Waals surface area contributed by atoms with Crippen molar-refractivity contribution in [1.82, 2.24) is 0 Å². The molecular weight excluding hydrogens is 171 g/mol. The molecule has 40 valence electrons. The molecule has 2 N–H and O–H groups in total. The van der Waals surface area contributed by atoms with Crippen LogP contribution in [0.15, 0.2) is 0 Å². The first-order valence-electron chi connectivity index (χ1n) is 1.19. The Balaban J connectivity index is 0. The van der Waals surface area contributed by atoms with Crippen LogP contribution in [0, 0.1) is 0 Å². The summed E-state index contributed by atoms with van der Waals surface area (Å²) in [5.74, 6) is 0. The van der Waals surface area contributed by atoms with Gasteiger partial charge in [0.15, 0.2) is 0 Å².